The van der Waals surface area contributed by atoms with Gasteiger partial charge in [-0.1, -0.05) is 48.0 Å². The molecule has 1 amide bonds. The highest BCUT2D eigenvalue weighted by molar-refractivity contribution is 6.51. The van der Waals surface area contributed by atoms with E-state index in [4.69, 9.17) is 5.26 Å². The number of rotatable bonds is 3. The Hall–Kier alpha value is -4.17. The molecule has 0 spiro atoms. The maximum absolute atomic E-state index is 13.1. The van der Waals surface area contributed by atoms with Crippen molar-refractivity contribution >= 4 is 23.1 Å². The molecule has 0 radical (unpaired) electrons. The van der Waals surface area contributed by atoms with Gasteiger partial charge in [0, 0.05) is 11.3 Å². The van der Waals surface area contributed by atoms with Gasteiger partial charge in [0.15, 0.2) is 0 Å². The number of hydrogen-bond acceptors (Lipinski definition) is 4. The Bertz CT molecular complexity index is 1250. The standard InChI is InChI=1S/C26H20N2O3/c1-16-8-9-17(2)21(14-16)24(29)22-23(19-6-4-3-5-7-19)28(26(31)25(22)30)20-12-10-18(15-27)11-13-20/h3-14,23,29H,1-2H3/b24-22+. The fourth-order valence-corrected chi connectivity index (χ4v) is 3.88. The normalized spacial score (nSPS) is 17.6. The molecule has 1 unspecified atom stereocenters. The summed E-state index contributed by atoms with van der Waals surface area (Å²) in [5.74, 6) is -1.65. The largest absolute Gasteiger partial charge is 0.507 e. The van der Waals surface area contributed by atoms with E-state index in [0.29, 0.717) is 22.4 Å². The smallest absolute Gasteiger partial charge is 0.300 e. The number of aliphatic hydroxyl groups excluding tert-OH is 1. The van der Waals surface area contributed by atoms with Gasteiger partial charge in [0.25, 0.3) is 11.7 Å². The lowest BCUT2D eigenvalue weighted by molar-refractivity contribution is -0.132. The molecule has 5 heteroatoms. The third-order valence-corrected chi connectivity index (χ3v) is 5.48. The van der Waals surface area contributed by atoms with Crippen LogP contribution >= 0.6 is 0 Å². The molecule has 3 aromatic rings. The SMILES string of the molecule is Cc1ccc(C)c(/C(O)=C2\C(=O)C(=O)N(c3ccc(C#N)cc3)C2c2ccccc2)c1. The van der Waals surface area contributed by atoms with Crippen molar-refractivity contribution in [3.63, 3.8) is 0 Å². The third kappa shape index (κ3) is 3.49. The number of amides is 1. The van der Waals surface area contributed by atoms with Crippen molar-refractivity contribution in [3.8, 4) is 6.07 Å². The molecule has 1 saturated heterocycles. The summed E-state index contributed by atoms with van der Waals surface area (Å²) in [6, 6.07) is 22.5. The van der Waals surface area contributed by atoms with E-state index in [1.807, 2.05) is 68.4 Å². The van der Waals surface area contributed by atoms with Gasteiger partial charge in [-0.25, -0.2) is 0 Å². The van der Waals surface area contributed by atoms with E-state index < -0.39 is 17.7 Å². The number of Topliss-reactive ketones (excluding diaryl/α,β-unsaturated/α-hetero) is 1. The molecule has 0 saturated carbocycles. The molecule has 1 atom stereocenters. The Labute approximate surface area is 180 Å². The van der Waals surface area contributed by atoms with E-state index >= 15 is 0 Å². The first kappa shape index (κ1) is 20.1. The monoisotopic (exact) mass is 408 g/mol. The van der Waals surface area contributed by atoms with Crippen molar-refractivity contribution in [1.29, 1.82) is 5.26 Å². The number of carbonyl (C=O) groups excluding carboxylic acids is 2. The minimum Gasteiger partial charge on any atom is -0.507 e. The molecular formula is C26H20N2O3. The fraction of sp³-hybridized carbons (Fsp3) is 0.115. The van der Waals surface area contributed by atoms with Gasteiger partial charge in [-0.05, 0) is 55.3 Å². The number of hydrogen-bond donors (Lipinski definition) is 1. The second kappa shape index (κ2) is 7.92. The van der Waals surface area contributed by atoms with Gasteiger partial charge < -0.3 is 5.11 Å². The lowest BCUT2D eigenvalue weighted by atomic mass is 9.93. The zero-order valence-electron chi connectivity index (χ0n) is 17.2. The van der Waals surface area contributed by atoms with Crippen LogP contribution in [-0.4, -0.2) is 16.8 Å². The highest BCUT2D eigenvalue weighted by atomic mass is 16.3. The van der Waals surface area contributed by atoms with Crippen LogP contribution in [-0.2, 0) is 9.59 Å². The molecule has 152 valence electrons. The van der Waals surface area contributed by atoms with Crippen LogP contribution in [0.1, 0.15) is 33.9 Å². The molecule has 0 bridgehead atoms. The number of nitrogens with zero attached hydrogens (tertiary/aromatic N) is 2. The van der Waals surface area contributed by atoms with E-state index in [1.54, 1.807) is 24.3 Å². The summed E-state index contributed by atoms with van der Waals surface area (Å²) in [5.41, 5.74) is 3.96. The number of benzene rings is 3. The van der Waals surface area contributed by atoms with Crippen molar-refractivity contribution < 1.29 is 14.7 Å². The minimum absolute atomic E-state index is 0.0502. The van der Waals surface area contributed by atoms with Gasteiger partial charge in [0.2, 0.25) is 0 Å². The number of anilines is 1. The predicted molar refractivity (Wildman–Crippen MR) is 118 cm³/mol. The second-order valence-electron chi connectivity index (χ2n) is 7.56. The molecule has 1 aliphatic heterocycles. The Morgan fingerprint density at radius 2 is 1.65 bits per heavy atom. The third-order valence-electron chi connectivity index (χ3n) is 5.48. The van der Waals surface area contributed by atoms with Gasteiger partial charge in [-0.15, -0.1) is 0 Å². The molecule has 1 heterocycles. The van der Waals surface area contributed by atoms with Gasteiger partial charge in [0.1, 0.15) is 5.76 Å². The molecule has 0 aliphatic carbocycles. The van der Waals surface area contributed by atoms with Crippen molar-refractivity contribution in [2.75, 3.05) is 4.90 Å². The average molecular weight is 408 g/mol. The van der Waals surface area contributed by atoms with E-state index in [0.717, 1.165) is 11.1 Å². The first-order valence-corrected chi connectivity index (χ1v) is 9.86. The summed E-state index contributed by atoms with van der Waals surface area (Å²) in [5, 5.41) is 20.3. The van der Waals surface area contributed by atoms with Gasteiger partial charge in [-0.3, -0.25) is 14.5 Å². The van der Waals surface area contributed by atoms with Gasteiger partial charge in [-0.2, -0.15) is 5.26 Å². The summed E-state index contributed by atoms with van der Waals surface area (Å²) in [4.78, 5) is 27.6. The maximum Gasteiger partial charge on any atom is 0.300 e. The molecule has 31 heavy (non-hydrogen) atoms. The fourth-order valence-electron chi connectivity index (χ4n) is 3.88. The van der Waals surface area contributed by atoms with E-state index in [-0.39, 0.29) is 11.3 Å². The Kier molecular flexibility index (Phi) is 5.14. The van der Waals surface area contributed by atoms with Crippen LogP contribution in [0.3, 0.4) is 0 Å². The number of nitriles is 1. The Morgan fingerprint density at radius 1 is 0.968 bits per heavy atom. The van der Waals surface area contributed by atoms with Crippen LogP contribution in [0, 0.1) is 25.2 Å². The molecule has 1 fully saturated rings. The van der Waals surface area contributed by atoms with Gasteiger partial charge in [0.05, 0.1) is 23.2 Å². The van der Waals surface area contributed by atoms with Crippen molar-refractivity contribution in [2.45, 2.75) is 19.9 Å². The maximum atomic E-state index is 13.1. The molecule has 0 aromatic heterocycles. The highest BCUT2D eigenvalue weighted by Crippen LogP contribution is 2.42. The zero-order chi connectivity index (χ0) is 22.1. The zero-order valence-corrected chi connectivity index (χ0v) is 17.2. The van der Waals surface area contributed by atoms with Gasteiger partial charge >= 0.3 is 0 Å². The van der Waals surface area contributed by atoms with E-state index in [9.17, 15) is 14.7 Å². The minimum atomic E-state index is -0.783. The average Bonchev–Trinajstić information content (AvgIpc) is 3.06. The highest BCUT2D eigenvalue weighted by Gasteiger charge is 2.47. The van der Waals surface area contributed by atoms with Crippen LogP contribution in [0.2, 0.25) is 0 Å². The van der Waals surface area contributed by atoms with Crippen LogP contribution in [0.5, 0.6) is 0 Å². The first-order chi connectivity index (χ1) is 14.9. The summed E-state index contributed by atoms with van der Waals surface area (Å²) >= 11 is 0. The Balaban J connectivity index is 1.96. The van der Waals surface area contributed by atoms with Crippen molar-refractivity contribution in [2.24, 2.45) is 0 Å². The van der Waals surface area contributed by atoms with Crippen LogP contribution < -0.4 is 4.90 Å². The summed E-state index contributed by atoms with van der Waals surface area (Å²) in [6.07, 6.45) is 0. The molecule has 5 nitrogen and oxygen atoms in total. The van der Waals surface area contributed by atoms with E-state index in [1.165, 1.54) is 4.90 Å². The van der Waals surface area contributed by atoms with Crippen molar-refractivity contribution in [1.82, 2.24) is 0 Å². The van der Waals surface area contributed by atoms with E-state index in [2.05, 4.69) is 0 Å². The molecule has 1 aliphatic rings. The molecule has 4 rings (SSSR count). The molecule has 1 N–H and O–H groups in total. The topological polar surface area (TPSA) is 81.4 Å². The second-order valence-corrected chi connectivity index (χ2v) is 7.56. The summed E-state index contributed by atoms with van der Waals surface area (Å²) in [7, 11) is 0. The number of aliphatic hydroxyl groups is 1. The van der Waals surface area contributed by atoms with Crippen LogP contribution in [0.25, 0.3) is 5.76 Å². The number of ketones is 1. The summed E-state index contributed by atoms with van der Waals surface area (Å²) in [6.45, 7) is 3.75. The quantitative estimate of drug-likeness (QED) is 0.383. The van der Waals surface area contributed by atoms with Crippen LogP contribution in [0.15, 0.2) is 78.4 Å². The molecular weight excluding hydrogens is 388 g/mol. The van der Waals surface area contributed by atoms with Crippen LogP contribution in [0.4, 0.5) is 5.69 Å². The Morgan fingerprint density at radius 3 is 2.29 bits per heavy atom. The lowest BCUT2D eigenvalue weighted by Gasteiger charge is -2.25. The lowest BCUT2D eigenvalue weighted by Crippen LogP contribution is -2.29. The molecule has 3 aromatic carbocycles. The predicted octanol–water partition coefficient (Wildman–Crippen LogP) is 4.80. The summed E-state index contributed by atoms with van der Waals surface area (Å²) < 4.78 is 0. The van der Waals surface area contributed by atoms with Crippen molar-refractivity contribution in [3.05, 3.63) is 106 Å². The first-order valence-electron chi connectivity index (χ1n) is 9.86. The number of carbonyl (C=O) groups is 2. The number of aryl methyl sites for hydroxylation is 2.